The van der Waals surface area contributed by atoms with Crippen LogP contribution in [0, 0.1) is 0 Å². The number of aromatic nitrogens is 2. The van der Waals surface area contributed by atoms with Crippen LogP contribution in [0.3, 0.4) is 0 Å². The van der Waals surface area contributed by atoms with Gasteiger partial charge in [0.15, 0.2) is 11.5 Å². The lowest BCUT2D eigenvalue weighted by Gasteiger charge is -2.16. The Morgan fingerprint density at radius 2 is 2.03 bits per heavy atom. The molecule has 10 heteroatoms. The van der Waals surface area contributed by atoms with E-state index >= 15 is 0 Å². The van der Waals surface area contributed by atoms with Crippen molar-refractivity contribution in [1.82, 2.24) is 20.9 Å². The predicted molar refractivity (Wildman–Crippen MR) is 112 cm³/mol. The van der Waals surface area contributed by atoms with E-state index in [1.165, 1.54) is 0 Å². The largest absolute Gasteiger partial charge is 0.493 e. The van der Waals surface area contributed by atoms with Crippen LogP contribution >= 0.6 is 11.6 Å². The third-order valence-corrected chi connectivity index (χ3v) is 4.42. The number of carbonyl (C=O) groups excluding carboxylic acids is 1. The van der Waals surface area contributed by atoms with Gasteiger partial charge in [-0.05, 0) is 34.1 Å². The van der Waals surface area contributed by atoms with E-state index in [0.717, 1.165) is 11.1 Å². The molecule has 0 spiro atoms. The fraction of sp³-hybridized carbons (Fsp3) is 0.250. The molecule has 1 heterocycles. The minimum Gasteiger partial charge on any atom is -0.493 e. The van der Waals surface area contributed by atoms with Crippen LogP contribution in [-0.4, -0.2) is 36.4 Å². The first kappa shape index (κ1) is 21.4. The van der Waals surface area contributed by atoms with E-state index in [0.29, 0.717) is 42.8 Å². The van der Waals surface area contributed by atoms with Gasteiger partial charge < -0.3 is 25.8 Å². The van der Waals surface area contributed by atoms with Crippen LogP contribution in [-0.2, 0) is 13.2 Å². The molecule has 4 N–H and O–H groups in total. The number of nitrogens with zero attached hydrogens (tertiary/aromatic N) is 2. The molecule has 2 aromatic carbocycles. The molecular weight excluding hydrogens is 410 g/mol. The van der Waals surface area contributed by atoms with Crippen molar-refractivity contribution in [3.05, 3.63) is 64.3 Å². The Morgan fingerprint density at radius 3 is 2.77 bits per heavy atom. The van der Waals surface area contributed by atoms with E-state index < -0.39 is 5.91 Å². The fourth-order valence-corrected chi connectivity index (χ4v) is 2.94. The van der Waals surface area contributed by atoms with Crippen LogP contribution in [0.2, 0.25) is 5.02 Å². The van der Waals surface area contributed by atoms with Gasteiger partial charge in [-0.1, -0.05) is 35.9 Å². The van der Waals surface area contributed by atoms with E-state index in [2.05, 4.69) is 25.6 Å². The number of anilines is 1. The van der Waals surface area contributed by atoms with Crippen molar-refractivity contribution in [1.29, 1.82) is 0 Å². The van der Waals surface area contributed by atoms with Crippen LogP contribution in [0.15, 0.2) is 47.1 Å². The number of carbonyl (C=O) groups is 1. The lowest BCUT2D eigenvalue weighted by Crippen LogP contribution is -2.32. The van der Waals surface area contributed by atoms with Crippen molar-refractivity contribution in [3.63, 3.8) is 0 Å². The number of ether oxygens (including phenoxy) is 2. The lowest BCUT2D eigenvalue weighted by molar-refractivity contribution is 0.0944. The molecule has 0 saturated heterocycles. The second-order valence-corrected chi connectivity index (χ2v) is 6.73. The zero-order chi connectivity index (χ0) is 21.3. The van der Waals surface area contributed by atoms with Crippen molar-refractivity contribution < 1.29 is 18.9 Å². The number of methoxy groups -OCH3 is 1. The summed E-state index contributed by atoms with van der Waals surface area (Å²) in [5.41, 5.74) is 7.34. The number of benzene rings is 2. The van der Waals surface area contributed by atoms with E-state index in [1.807, 2.05) is 42.5 Å². The number of para-hydroxylation sites is 1. The van der Waals surface area contributed by atoms with Gasteiger partial charge in [-0.2, -0.15) is 0 Å². The number of amides is 1. The van der Waals surface area contributed by atoms with Crippen LogP contribution in [0.5, 0.6) is 11.5 Å². The maximum absolute atomic E-state index is 11.9. The zero-order valence-corrected chi connectivity index (χ0v) is 17.1. The Hall–Kier alpha value is -3.30. The van der Waals surface area contributed by atoms with E-state index in [9.17, 15) is 4.79 Å². The Bertz CT molecular complexity index is 995. The molecule has 0 aliphatic carbocycles. The van der Waals surface area contributed by atoms with Crippen molar-refractivity contribution in [2.75, 3.05) is 25.9 Å². The van der Waals surface area contributed by atoms with Crippen LogP contribution in [0.25, 0.3) is 0 Å². The average molecular weight is 432 g/mol. The molecule has 0 unspecified atom stereocenters. The highest BCUT2D eigenvalue weighted by atomic mass is 35.5. The summed E-state index contributed by atoms with van der Waals surface area (Å²) in [7, 11) is 1.60. The zero-order valence-electron chi connectivity index (χ0n) is 16.4. The van der Waals surface area contributed by atoms with Crippen molar-refractivity contribution in [2.24, 2.45) is 0 Å². The summed E-state index contributed by atoms with van der Waals surface area (Å²) in [4.78, 5) is 11.9. The van der Waals surface area contributed by atoms with Gasteiger partial charge in [-0.25, -0.2) is 4.63 Å². The third-order valence-electron chi connectivity index (χ3n) is 4.18. The number of hydrogen-bond donors (Lipinski definition) is 3. The summed E-state index contributed by atoms with van der Waals surface area (Å²) < 4.78 is 15.9. The first-order valence-corrected chi connectivity index (χ1v) is 9.56. The van der Waals surface area contributed by atoms with Gasteiger partial charge in [0.2, 0.25) is 11.5 Å². The first-order chi connectivity index (χ1) is 14.6. The van der Waals surface area contributed by atoms with E-state index in [1.54, 1.807) is 7.11 Å². The summed E-state index contributed by atoms with van der Waals surface area (Å²) in [6.07, 6.45) is 0. The van der Waals surface area contributed by atoms with E-state index in [-0.39, 0.29) is 11.5 Å². The quantitative estimate of drug-likeness (QED) is 0.418. The summed E-state index contributed by atoms with van der Waals surface area (Å²) in [6.45, 7) is 1.76. The third kappa shape index (κ3) is 5.62. The molecule has 1 aromatic heterocycles. The molecule has 0 saturated carbocycles. The fourth-order valence-electron chi connectivity index (χ4n) is 2.73. The molecular formula is C20H22ClN5O4. The van der Waals surface area contributed by atoms with Gasteiger partial charge in [0.1, 0.15) is 6.61 Å². The molecule has 3 rings (SSSR count). The van der Waals surface area contributed by atoms with E-state index in [4.69, 9.17) is 26.8 Å². The van der Waals surface area contributed by atoms with Gasteiger partial charge >= 0.3 is 0 Å². The highest BCUT2D eigenvalue weighted by Gasteiger charge is 2.15. The standard InChI is InChI=1S/C20H22ClN5O4/c1-28-16-7-3-5-14(18(16)29-12-13-4-2-6-15(21)10-13)11-23-8-9-24-20(27)17-19(22)26-30-25-17/h2-7,10,23H,8-9,11-12H2,1H3,(H2,22,26)(H,24,27). The SMILES string of the molecule is COc1cccc(CNCCNC(=O)c2nonc2N)c1OCc1cccc(Cl)c1. The Balaban J connectivity index is 1.53. The average Bonchev–Trinajstić information content (AvgIpc) is 3.18. The van der Waals surface area contributed by atoms with Crippen molar-refractivity contribution in [2.45, 2.75) is 13.2 Å². The predicted octanol–water partition coefficient (Wildman–Crippen LogP) is 2.41. The number of hydrogen-bond acceptors (Lipinski definition) is 8. The summed E-state index contributed by atoms with van der Waals surface area (Å²) in [5, 5.41) is 13.4. The van der Waals surface area contributed by atoms with Gasteiger partial charge in [0, 0.05) is 30.2 Å². The summed E-state index contributed by atoms with van der Waals surface area (Å²) in [6, 6.07) is 13.2. The smallest absolute Gasteiger partial charge is 0.277 e. The topological polar surface area (TPSA) is 125 Å². The van der Waals surface area contributed by atoms with Gasteiger partial charge in [-0.15, -0.1) is 0 Å². The number of nitrogen functional groups attached to an aromatic ring is 1. The number of rotatable bonds is 10. The number of nitrogens with two attached hydrogens (primary N) is 1. The minimum atomic E-state index is -0.442. The van der Waals surface area contributed by atoms with Gasteiger partial charge in [0.05, 0.1) is 7.11 Å². The molecule has 30 heavy (non-hydrogen) atoms. The monoisotopic (exact) mass is 431 g/mol. The normalized spacial score (nSPS) is 10.6. The van der Waals surface area contributed by atoms with Crippen LogP contribution in [0.1, 0.15) is 21.6 Å². The molecule has 0 fully saturated rings. The maximum Gasteiger partial charge on any atom is 0.277 e. The molecule has 0 aliphatic rings. The molecule has 3 aromatic rings. The highest BCUT2D eigenvalue weighted by Crippen LogP contribution is 2.32. The number of halogens is 1. The second-order valence-electron chi connectivity index (χ2n) is 6.30. The molecule has 0 bridgehead atoms. The molecule has 158 valence electrons. The second kappa shape index (κ2) is 10.5. The number of nitrogens with one attached hydrogen (secondary N) is 2. The molecule has 9 nitrogen and oxygen atoms in total. The van der Waals surface area contributed by atoms with Gasteiger partial charge in [-0.3, -0.25) is 4.79 Å². The highest BCUT2D eigenvalue weighted by molar-refractivity contribution is 6.30. The summed E-state index contributed by atoms with van der Waals surface area (Å²) >= 11 is 6.04. The van der Waals surface area contributed by atoms with Gasteiger partial charge in [0.25, 0.3) is 5.91 Å². The molecule has 0 aliphatic heterocycles. The summed E-state index contributed by atoms with van der Waals surface area (Å²) in [5.74, 6) is 0.803. The Morgan fingerprint density at radius 1 is 1.20 bits per heavy atom. The molecule has 0 atom stereocenters. The Labute approximate surface area is 178 Å². The van der Waals surface area contributed by atoms with Crippen molar-refractivity contribution >= 4 is 23.3 Å². The minimum absolute atomic E-state index is 0.0282. The van der Waals surface area contributed by atoms with Crippen LogP contribution < -0.4 is 25.8 Å². The van der Waals surface area contributed by atoms with Crippen LogP contribution in [0.4, 0.5) is 5.82 Å². The van der Waals surface area contributed by atoms with Crippen molar-refractivity contribution in [3.8, 4) is 11.5 Å². The molecule has 1 amide bonds. The lowest BCUT2D eigenvalue weighted by atomic mass is 10.1. The Kier molecular flexibility index (Phi) is 7.47. The first-order valence-electron chi connectivity index (χ1n) is 9.18. The molecule has 0 radical (unpaired) electrons. The maximum atomic E-state index is 11.9.